The fraction of sp³-hybridized carbons (Fsp3) is 0.667. The average molecular weight is 338 g/mol. The zero-order valence-electron chi connectivity index (χ0n) is 13.5. The highest BCUT2D eigenvalue weighted by molar-refractivity contribution is 5.82. The fourth-order valence-electron chi connectivity index (χ4n) is 2.86. The molecule has 2 N–H and O–H groups in total. The standard InChI is InChI=1S/C15H22N4O5/c1-10(18-4-6-23-7-5-18)16-13-2-3-19(15(22)17-13)14-8-11(21)12(9-20)24-14/h2-3,11-12,14,20-21H,4-9H2,1H3/t11?,12-,14-/m1/s1. The van der Waals surface area contributed by atoms with Gasteiger partial charge in [0.2, 0.25) is 0 Å². The van der Waals surface area contributed by atoms with Gasteiger partial charge >= 0.3 is 5.69 Å². The van der Waals surface area contributed by atoms with E-state index in [4.69, 9.17) is 14.6 Å². The molecule has 3 rings (SSSR count). The molecule has 3 atom stereocenters. The molecule has 0 radical (unpaired) electrons. The van der Waals surface area contributed by atoms with Gasteiger partial charge in [0.05, 0.1) is 25.9 Å². The summed E-state index contributed by atoms with van der Waals surface area (Å²) >= 11 is 0. The van der Waals surface area contributed by atoms with Crippen LogP contribution in [0.1, 0.15) is 19.6 Å². The van der Waals surface area contributed by atoms with E-state index in [-0.39, 0.29) is 13.0 Å². The number of aliphatic hydroxyl groups excluding tert-OH is 2. The molecule has 2 aliphatic heterocycles. The minimum atomic E-state index is -0.798. The minimum Gasteiger partial charge on any atom is -0.394 e. The molecule has 24 heavy (non-hydrogen) atoms. The van der Waals surface area contributed by atoms with E-state index >= 15 is 0 Å². The second-order valence-electron chi connectivity index (χ2n) is 5.85. The molecular formula is C15H22N4O5. The molecule has 1 aromatic rings. The number of nitrogens with zero attached hydrogens (tertiary/aromatic N) is 4. The maximum atomic E-state index is 12.2. The van der Waals surface area contributed by atoms with Crippen molar-refractivity contribution in [3.63, 3.8) is 0 Å². The summed E-state index contributed by atoms with van der Waals surface area (Å²) in [5.41, 5.74) is -0.498. The maximum absolute atomic E-state index is 12.2. The van der Waals surface area contributed by atoms with E-state index in [0.29, 0.717) is 19.0 Å². The molecule has 0 bridgehead atoms. The lowest BCUT2D eigenvalue weighted by atomic mass is 10.2. The Hall–Kier alpha value is -1.81. The smallest absolute Gasteiger partial charge is 0.351 e. The Labute approximate surface area is 139 Å². The molecule has 1 unspecified atom stereocenters. The molecule has 2 fully saturated rings. The second-order valence-corrected chi connectivity index (χ2v) is 5.85. The van der Waals surface area contributed by atoms with Crippen molar-refractivity contribution in [3.05, 3.63) is 22.7 Å². The highest BCUT2D eigenvalue weighted by Crippen LogP contribution is 2.27. The Kier molecular flexibility index (Phi) is 5.24. The number of aliphatic hydroxyl groups is 2. The third kappa shape index (κ3) is 3.64. The zero-order chi connectivity index (χ0) is 17.1. The van der Waals surface area contributed by atoms with Crippen molar-refractivity contribution in [3.8, 4) is 0 Å². The monoisotopic (exact) mass is 338 g/mol. The van der Waals surface area contributed by atoms with E-state index < -0.39 is 24.1 Å². The predicted octanol–water partition coefficient (Wildman–Crippen LogP) is -0.734. The predicted molar refractivity (Wildman–Crippen MR) is 85.3 cm³/mol. The van der Waals surface area contributed by atoms with Gasteiger partial charge in [-0.15, -0.1) is 0 Å². The van der Waals surface area contributed by atoms with Gasteiger partial charge in [0.1, 0.15) is 18.2 Å². The van der Waals surface area contributed by atoms with Crippen molar-refractivity contribution in [1.82, 2.24) is 14.5 Å². The van der Waals surface area contributed by atoms with Crippen molar-refractivity contribution in [2.75, 3.05) is 32.9 Å². The van der Waals surface area contributed by atoms with Crippen LogP contribution in [0, 0.1) is 0 Å². The van der Waals surface area contributed by atoms with Crippen LogP contribution < -0.4 is 5.69 Å². The highest BCUT2D eigenvalue weighted by atomic mass is 16.5. The third-order valence-electron chi connectivity index (χ3n) is 4.25. The summed E-state index contributed by atoms with van der Waals surface area (Å²) < 4.78 is 12.1. The van der Waals surface area contributed by atoms with Crippen LogP contribution in [-0.2, 0) is 9.47 Å². The number of morpholine rings is 1. The van der Waals surface area contributed by atoms with Crippen molar-refractivity contribution in [1.29, 1.82) is 0 Å². The number of hydrogen-bond donors (Lipinski definition) is 2. The van der Waals surface area contributed by atoms with Gasteiger partial charge in [0.25, 0.3) is 0 Å². The van der Waals surface area contributed by atoms with Crippen molar-refractivity contribution >= 4 is 11.7 Å². The number of aliphatic imine (C=N–C) groups is 1. The lowest BCUT2D eigenvalue weighted by Crippen LogP contribution is -2.39. The van der Waals surface area contributed by atoms with E-state index in [2.05, 4.69) is 14.9 Å². The summed E-state index contributed by atoms with van der Waals surface area (Å²) in [4.78, 5) is 22.6. The van der Waals surface area contributed by atoms with Crippen molar-refractivity contribution in [2.45, 2.75) is 31.8 Å². The van der Waals surface area contributed by atoms with Crippen LogP contribution in [0.5, 0.6) is 0 Å². The van der Waals surface area contributed by atoms with Crippen LogP contribution in [0.4, 0.5) is 5.82 Å². The Bertz CT molecular complexity index is 656. The number of amidine groups is 1. The maximum Gasteiger partial charge on any atom is 0.351 e. The van der Waals surface area contributed by atoms with Gasteiger partial charge < -0.3 is 24.6 Å². The molecule has 0 spiro atoms. The number of ether oxygens (including phenoxy) is 2. The van der Waals surface area contributed by atoms with Crippen LogP contribution in [-0.4, -0.2) is 75.6 Å². The molecule has 2 saturated heterocycles. The van der Waals surface area contributed by atoms with Gasteiger partial charge in [0.15, 0.2) is 5.82 Å². The zero-order valence-corrected chi connectivity index (χ0v) is 13.5. The summed E-state index contributed by atoms with van der Waals surface area (Å²) in [6, 6.07) is 1.63. The third-order valence-corrected chi connectivity index (χ3v) is 4.25. The molecule has 0 amide bonds. The van der Waals surface area contributed by atoms with Crippen LogP contribution in [0.2, 0.25) is 0 Å². The van der Waals surface area contributed by atoms with E-state index in [1.54, 1.807) is 12.3 Å². The Morgan fingerprint density at radius 3 is 2.83 bits per heavy atom. The fourth-order valence-corrected chi connectivity index (χ4v) is 2.86. The van der Waals surface area contributed by atoms with Crippen molar-refractivity contribution < 1.29 is 19.7 Å². The highest BCUT2D eigenvalue weighted by Gasteiger charge is 2.34. The molecule has 9 nitrogen and oxygen atoms in total. The number of hydrogen-bond acceptors (Lipinski definition) is 7. The average Bonchev–Trinajstić information content (AvgIpc) is 2.96. The Morgan fingerprint density at radius 2 is 2.21 bits per heavy atom. The molecule has 3 heterocycles. The van der Waals surface area contributed by atoms with Gasteiger partial charge in [-0.05, 0) is 13.0 Å². The topological polar surface area (TPSA) is 109 Å². The largest absolute Gasteiger partial charge is 0.394 e. The van der Waals surface area contributed by atoms with E-state index in [0.717, 1.165) is 18.9 Å². The van der Waals surface area contributed by atoms with E-state index in [1.165, 1.54) is 4.57 Å². The van der Waals surface area contributed by atoms with Crippen molar-refractivity contribution in [2.24, 2.45) is 4.99 Å². The van der Waals surface area contributed by atoms with Crippen LogP contribution >= 0.6 is 0 Å². The molecule has 132 valence electrons. The Balaban J connectivity index is 1.74. The summed E-state index contributed by atoms with van der Waals surface area (Å²) in [6.45, 7) is 4.44. The molecule has 0 saturated carbocycles. The lowest BCUT2D eigenvalue weighted by Gasteiger charge is -2.28. The summed E-state index contributed by atoms with van der Waals surface area (Å²) in [5.74, 6) is 1.12. The minimum absolute atomic E-state index is 0.238. The molecule has 0 aromatic carbocycles. The molecular weight excluding hydrogens is 316 g/mol. The molecule has 9 heteroatoms. The quantitative estimate of drug-likeness (QED) is 0.552. The number of rotatable bonds is 3. The molecule has 2 aliphatic rings. The van der Waals surface area contributed by atoms with Crippen LogP contribution in [0.25, 0.3) is 0 Å². The summed E-state index contributed by atoms with van der Waals surface area (Å²) in [6.07, 6.45) is -0.313. The van der Waals surface area contributed by atoms with Gasteiger partial charge in [-0.1, -0.05) is 0 Å². The first-order chi connectivity index (χ1) is 11.6. The lowest BCUT2D eigenvalue weighted by molar-refractivity contribution is -0.0458. The normalized spacial score (nSPS) is 28.4. The first kappa shape index (κ1) is 17.0. The SMILES string of the molecule is CC(=Nc1ccn([C@H]2CC(O)[C@@H](CO)O2)c(=O)n1)N1CCOCC1. The second kappa shape index (κ2) is 7.39. The van der Waals surface area contributed by atoms with Crippen LogP contribution in [0.15, 0.2) is 22.1 Å². The van der Waals surface area contributed by atoms with E-state index in [1.807, 2.05) is 6.92 Å². The number of aromatic nitrogens is 2. The summed E-state index contributed by atoms with van der Waals surface area (Å²) in [7, 11) is 0. The van der Waals surface area contributed by atoms with Gasteiger partial charge in [-0.25, -0.2) is 9.79 Å². The van der Waals surface area contributed by atoms with Gasteiger partial charge in [0, 0.05) is 25.7 Å². The molecule has 1 aromatic heterocycles. The first-order valence-electron chi connectivity index (χ1n) is 8.00. The first-order valence-corrected chi connectivity index (χ1v) is 8.00. The Morgan fingerprint density at radius 1 is 1.46 bits per heavy atom. The molecule has 0 aliphatic carbocycles. The van der Waals surface area contributed by atoms with Gasteiger partial charge in [-0.2, -0.15) is 4.98 Å². The summed E-state index contributed by atoms with van der Waals surface area (Å²) in [5, 5.41) is 18.9. The van der Waals surface area contributed by atoms with Gasteiger partial charge in [-0.3, -0.25) is 4.57 Å². The van der Waals surface area contributed by atoms with Crippen LogP contribution in [0.3, 0.4) is 0 Å². The van der Waals surface area contributed by atoms with E-state index in [9.17, 15) is 9.90 Å².